The zero-order chi connectivity index (χ0) is 19.1. The molecule has 0 radical (unpaired) electrons. The van der Waals surface area contributed by atoms with E-state index < -0.39 is 0 Å². The van der Waals surface area contributed by atoms with Crippen LogP contribution in [-0.2, 0) is 24.9 Å². The summed E-state index contributed by atoms with van der Waals surface area (Å²) < 4.78 is 8.75. The molecule has 0 aliphatic carbocycles. The SMILES string of the molecule is CO[C@@H]1CN(c2ccnc(N3CCn4c(nn(C)c4=O)C3)n2)C[C@@H]1N(C)C. The number of rotatable bonds is 4. The molecule has 0 bridgehead atoms. The fourth-order valence-corrected chi connectivity index (χ4v) is 3.88. The number of methoxy groups -OCH3 is 1. The first-order valence-electron chi connectivity index (χ1n) is 9.13. The standard InChI is InChI=1S/C17H26N8O2/c1-21(2)12-9-24(10-13(12)27-4)14-5-6-18-16(19-14)23-7-8-25-15(11-23)20-22(3)17(25)26/h5-6,12-13H,7-11H2,1-4H3/t12-,13+/m0/s1. The van der Waals surface area contributed by atoms with E-state index in [0.717, 1.165) is 24.7 Å². The van der Waals surface area contributed by atoms with Crippen LogP contribution in [0.25, 0.3) is 0 Å². The number of fused-ring (bicyclic) bond motifs is 1. The van der Waals surface area contributed by atoms with E-state index in [1.807, 2.05) is 6.07 Å². The van der Waals surface area contributed by atoms with Gasteiger partial charge < -0.3 is 19.4 Å². The number of likely N-dealkylation sites (N-methyl/N-ethyl adjacent to an activating group) is 1. The van der Waals surface area contributed by atoms with Crippen LogP contribution in [0.15, 0.2) is 17.1 Å². The Labute approximate surface area is 158 Å². The fourth-order valence-electron chi connectivity index (χ4n) is 3.88. The second-order valence-electron chi connectivity index (χ2n) is 7.32. The third kappa shape index (κ3) is 3.19. The zero-order valence-electron chi connectivity index (χ0n) is 16.2. The number of ether oxygens (including phenoxy) is 1. The minimum Gasteiger partial charge on any atom is -0.378 e. The Kier molecular flexibility index (Phi) is 4.60. The highest BCUT2D eigenvalue weighted by Gasteiger charge is 2.35. The summed E-state index contributed by atoms with van der Waals surface area (Å²) in [4.78, 5) is 27.8. The van der Waals surface area contributed by atoms with Crippen molar-refractivity contribution in [2.24, 2.45) is 7.05 Å². The molecular weight excluding hydrogens is 348 g/mol. The van der Waals surface area contributed by atoms with Gasteiger partial charge in [0.15, 0.2) is 5.82 Å². The molecule has 0 unspecified atom stereocenters. The molecule has 10 nitrogen and oxygen atoms in total. The second kappa shape index (κ2) is 6.93. The van der Waals surface area contributed by atoms with Crippen molar-refractivity contribution in [2.75, 3.05) is 50.6 Å². The number of hydrogen-bond acceptors (Lipinski definition) is 8. The maximum Gasteiger partial charge on any atom is 0.345 e. The van der Waals surface area contributed by atoms with Gasteiger partial charge in [-0.1, -0.05) is 0 Å². The van der Waals surface area contributed by atoms with Gasteiger partial charge in [0, 0.05) is 46.5 Å². The predicted octanol–water partition coefficient (Wildman–Crippen LogP) is -0.843. The lowest BCUT2D eigenvalue weighted by atomic mass is 10.2. The molecule has 2 atom stereocenters. The monoisotopic (exact) mass is 374 g/mol. The van der Waals surface area contributed by atoms with E-state index in [4.69, 9.17) is 9.72 Å². The van der Waals surface area contributed by atoms with Crippen molar-refractivity contribution in [1.29, 1.82) is 0 Å². The normalized spacial score (nSPS) is 22.6. The molecule has 2 aromatic heterocycles. The summed E-state index contributed by atoms with van der Waals surface area (Å²) in [5.74, 6) is 2.31. The van der Waals surface area contributed by atoms with Crippen LogP contribution in [0.2, 0.25) is 0 Å². The molecule has 4 heterocycles. The highest BCUT2D eigenvalue weighted by molar-refractivity contribution is 5.45. The lowest BCUT2D eigenvalue weighted by Gasteiger charge is -2.27. The Morgan fingerprint density at radius 3 is 2.74 bits per heavy atom. The van der Waals surface area contributed by atoms with Crippen LogP contribution >= 0.6 is 0 Å². The summed E-state index contributed by atoms with van der Waals surface area (Å²) in [5.41, 5.74) is -0.0725. The van der Waals surface area contributed by atoms with Gasteiger partial charge >= 0.3 is 5.69 Å². The molecule has 0 amide bonds. The van der Waals surface area contributed by atoms with E-state index >= 15 is 0 Å². The van der Waals surface area contributed by atoms with Gasteiger partial charge in [0.25, 0.3) is 0 Å². The van der Waals surface area contributed by atoms with Gasteiger partial charge in [-0.2, -0.15) is 10.1 Å². The third-order valence-electron chi connectivity index (χ3n) is 5.45. The van der Waals surface area contributed by atoms with E-state index in [9.17, 15) is 4.79 Å². The smallest absolute Gasteiger partial charge is 0.345 e. The number of aromatic nitrogens is 5. The van der Waals surface area contributed by atoms with Crippen molar-refractivity contribution in [2.45, 2.75) is 25.2 Å². The van der Waals surface area contributed by atoms with E-state index in [1.54, 1.807) is 24.9 Å². The first kappa shape index (κ1) is 17.9. The highest BCUT2D eigenvalue weighted by Crippen LogP contribution is 2.24. The van der Waals surface area contributed by atoms with Gasteiger partial charge in [-0.15, -0.1) is 0 Å². The molecule has 2 aliphatic heterocycles. The van der Waals surface area contributed by atoms with Crippen molar-refractivity contribution in [3.8, 4) is 0 Å². The van der Waals surface area contributed by atoms with E-state index in [-0.39, 0.29) is 11.8 Å². The van der Waals surface area contributed by atoms with Crippen molar-refractivity contribution >= 4 is 11.8 Å². The number of nitrogens with zero attached hydrogens (tertiary/aromatic N) is 8. The van der Waals surface area contributed by atoms with E-state index in [1.165, 1.54) is 4.68 Å². The fraction of sp³-hybridized carbons (Fsp3) is 0.647. The minimum atomic E-state index is -0.0725. The summed E-state index contributed by atoms with van der Waals surface area (Å²) in [6, 6.07) is 2.26. The Morgan fingerprint density at radius 1 is 1.22 bits per heavy atom. The van der Waals surface area contributed by atoms with Gasteiger partial charge in [0.1, 0.15) is 5.82 Å². The van der Waals surface area contributed by atoms with Crippen LogP contribution in [0.4, 0.5) is 11.8 Å². The minimum absolute atomic E-state index is 0.0725. The molecular formula is C17H26N8O2. The first-order valence-corrected chi connectivity index (χ1v) is 9.13. The third-order valence-corrected chi connectivity index (χ3v) is 5.45. The molecule has 1 fully saturated rings. The van der Waals surface area contributed by atoms with Gasteiger partial charge in [0.05, 0.1) is 18.7 Å². The van der Waals surface area contributed by atoms with Gasteiger partial charge in [-0.3, -0.25) is 4.57 Å². The van der Waals surface area contributed by atoms with Gasteiger partial charge in [-0.05, 0) is 20.2 Å². The molecule has 2 aromatic rings. The number of anilines is 2. The van der Waals surface area contributed by atoms with Crippen molar-refractivity contribution in [1.82, 2.24) is 29.2 Å². The predicted molar refractivity (Wildman–Crippen MR) is 101 cm³/mol. The Balaban J connectivity index is 1.54. The Hall–Kier alpha value is -2.46. The largest absolute Gasteiger partial charge is 0.378 e. The maximum atomic E-state index is 12.0. The molecule has 0 spiro atoms. The van der Waals surface area contributed by atoms with Gasteiger partial charge in [0.2, 0.25) is 5.95 Å². The van der Waals surface area contributed by atoms with Crippen LogP contribution in [0.3, 0.4) is 0 Å². The van der Waals surface area contributed by atoms with E-state index in [0.29, 0.717) is 31.6 Å². The summed E-state index contributed by atoms with van der Waals surface area (Å²) in [5, 5.41) is 4.31. The Bertz CT molecular complexity index is 876. The zero-order valence-corrected chi connectivity index (χ0v) is 16.2. The van der Waals surface area contributed by atoms with Crippen LogP contribution < -0.4 is 15.5 Å². The molecule has 0 saturated carbocycles. The topological polar surface area (TPSA) is 84.5 Å². The van der Waals surface area contributed by atoms with Crippen molar-refractivity contribution in [3.63, 3.8) is 0 Å². The summed E-state index contributed by atoms with van der Waals surface area (Å²) >= 11 is 0. The molecule has 2 aliphatic rings. The molecule has 1 saturated heterocycles. The van der Waals surface area contributed by atoms with Crippen LogP contribution in [0.5, 0.6) is 0 Å². The molecule has 146 valence electrons. The second-order valence-corrected chi connectivity index (χ2v) is 7.32. The quantitative estimate of drug-likeness (QED) is 0.685. The molecule has 0 N–H and O–H groups in total. The summed E-state index contributed by atoms with van der Waals surface area (Å²) in [6.45, 7) is 3.47. The van der Waals surface area contributed by atoms with Crippen molar-refractivity contribution < 1.29 is 4.74 Å². The average molecular weight is 374 g/mol. The average Bonchev–Trinajstić information content (AvgIpc) is 3.23. The van der Waals surface area contributed by atoms with Gasteiger partial charge in [-0.25, -0.2) is 14.5 Å². The van der Waals surface area contributed by atoms with Crippen LogP contribution in [0, 0.1) is 0 Å². The first-order chi connectivity index (χ1) is 13.0. The molecule has 27 heavy (non-hydrogen) atoms. The number of hydrogen-bond donors (Lipinski definition) is 0. The molecule has 0 aromatic carbocycles. The molecule has 10 heteroatoms. The highest BCUT2D eigenvalue weighted by atomic mass is 16.5. The number of aryl methyl sites for hydroxylation is 1. The van der Waals surface area contributed by atoms with Crippen LogP contribution in [0.1, 0.15) is 5.82 Å². The van der Waals surface area contributed by atoms with Crippen LogP contribution in [-0.4, -0.2) is 82.2 Å². The lowest BCUT2D eigenvalue weighted by molar-refractivity contribution is 0.0639. The molecule has 4 rings (SSSR count). The summed E-state index contributed by atoms with van der Waals surface area (Å²) in [6.07, 6.45) is 1.94. The Morgan fingerprint density at radius 2 is 2.04 bits per heavy atom. The lowest BCUT2D eigenvalue weighted by Crippen LogP contribution is -2.39. The van der Waals surface area contributed by atoms with Crippen molar-refractivity contribution in [3.05, 3.63) is 28.6 Å². The maximum absolute atomic E-state index is 12.0. The van der Waals surface area contributed by atoms with E-state index in [2.05, 4.69) is 38.9 Å². The summed E-state index contributed by atoms with van der Waals surface area (Å²) in [7, 11) is 7.59.